The Bertz CT molecular complexity index is 542. The fourth-order valence-electron chi connectivity index (χ4n) is 2.22. The molecule has 0 radical (unpaired) electrons. The summed E-state index contributed by atoms with van der Waals surface area (Å²) in [4.78, 5) is 12.3. The second kappa shape index (κ2) is 6.84. The molecule has 2 atom stereocenters. The van der Waals surface area contributed by atoms with Gasteiger partial charge in [0.25, 0.3) is 0 Å². The van der Waals surface area contributed by atoms with Gasteiger partial charge in [0.1, 0.15) is 6.07 Å². The summed E-state index contributed by atoms with van der Waals surface area (Å²) < 4.78 is 6.17. The first-order chi connectivity index (χ1) is 9.65. The van der Waals surface area contributed by atoms with Crippen LogP contribution >= 0.6 is 15.9 Å². The maximum absolute atomic E-state index is 12.3. The standard InChI is InChI=1S/C14H16BrN3O2/c1-2-17-13-8-20-7-11(13)14(19)18-12-4-3-10(15)5-9(12)6-16/h3-5,11,13,17H,2,7-8H2,1H3,(H,18,19). The number of carbonyl (C=O) groups is 1. The van der Waals surface area contributed by atoms with Crippen LogP contribution in [0.4, 0.5) is 5.69 Å². The van der Waals surface area contributed by atoms with Crippen molar-refractivity contribution in [3.05, 3.63) is 28.2 Å². The number of halogens is 1. The Morgan fingerprint density at radius 3 is 3.05 bits per heavy atom. The molecule has 1 aromatic carbocycles. The third kappa shape index (κ3) is 3.37. The second-order valence-electron chi connectivity index (χ2n) is 4.60. The third-order valence-electron chi connectivity index (χ3n) is 3.24. The smallest absolute Gasteiger partial charge is 0.231 e. The molecule has 2 N–H and O–H groups in total. The van der Waals surface area contributed by atoms with E-state index in [2.05, 4.69) is 32.6 Å². The van der Waals surface area contributed by atoms with Crippen LogP contribution in [0.1, 0.15) is 12.5 Å². The van der Waals surface area contributed by atoms with Gasteiger partial charge in [-0.3, -0.25) is 4.79 Å². The van der Waals surface area contributed by atoms with Crippen molar-refractivity contribution in [2.24, 2.45) is 5.92 Å². The van der Waals surface area contributed by atoms with Gasteiger partial charge in [-0.15, -0.1) is 0 Å². The van der Waals surface area contributed by atoms with Crippen LogP contribution < -0.4 is 10.6 Å². The summed E-state index contributed by atoms with van der Waals surface area (Å²) in [5.74, 6) is -0.350. The van der Waals surface area contributed by atoms with E-state index in [-0.39, 0.29) is 17.9 Å². The minimum atomic E-state index is -0.231. The fraction of sp³-hybridized carbons (Fsp3) is 0.429. The fourth-order valence-corrected chi connectivity index (χ4v) is 2.58. The molecule has 1 aliphatic rings. The molecule has 1 aliphatic heterocycles. The molecule has 1 amide bonds. The van der Waals surface area contributed by atoms with Gasteiger partial charge in [-0.25, -0.2) is 0 Å². The lowest BCUT2D eigenvalue weighted by molar-refractivity contribution is -0.120. The van der Waals surface area contributed by atoms with Gasteiger partial charge in [0.2, 0.25) is 5.91 Å². The predicted octanol–water partition coefficient (Wildman–Crippen LogP) is 1.88. The molecular weight excluding hydrogens is 322 g/mol. The predicted molar refractivity (Wildman–Crippen MR) is 79.3 cm³/mol. The van der Waals surface area contributed by atoms with Crippen molar-refractivity contribution in [3.8, 4) is 6.07 Å². The van der Waals surface area contributed by atoms with Gasteiger partial charge in [-0.05, 0) is 24.7 Å². The lowest BCUT2D eigenvalue weighted by atomic mass is 10.0. The number of hydrogen-bond donors (Lipinski definition) is 2. The molecule has 1 heterocycles. The number of nitrogens with zero attached hydrogens (tertiary/aromatic N) is 1. The minimum absolute atomic E-state index is 0.0287. The van der Waals surface area contributed by atoms with Crippen LogP contribution in [0.25, 0.3) is 0 Å². The van der Waals surface area contributed by atoms with Crippen molar-refractivity contribution < 1.29 is 9.53 Å². The highest BCUT2D eigenvalue weighted by Gasteiger charge is 2.33. The number of nitriles is 1. The summed E-state index contributed by atoms with van der Waals surface area (Å²) in [6.07, 6.45) is 0. The van der Waals surface area contributed by atoms with Crippen LogP contribution in [0.3, 0.4) is 0 Å². The molecule has 0 bridgehead atoms. The lowest BCUT2D eigenvalue weighted by Gasteiger charge is -2.18. The van der Waals surface area contributed by atoms with Crippen LogP contribution in [0.2, 0.25) is 0 Å². The molecular formula is C14H16BrN3O2. The Hall–Kier alpha value is -1.42. The molecule has 106 valence electrons. The largest absolute Gasteiger partial charge is 0.379 e. The molecule has 0 aliphatic carbocycles. The Balaban J connectivity index is 2.10. The SMILES string of the molecule is CCNC1COCC1C(=O)Nc1ccc(Br)cc1C#N. The zero-order valence-corrected chi connectivity index (χ0v) is 12.7. The number of ether oxygens (including phenoxy) is 1. The van der Waals surface area contributed by atoms with Crippen molar-refractivity contribution in [3.63, 3.8) is 0 Å². The van der Waals surface area contributed by atoms with Crippen molar-refractivity contribution in [1.29, 1.82) is 5.26 Å². The Morgan fingerprint density at radius 2 is 2.35 bits per heavy atom. The first-order valence-electron chi connectivity index (χ1n) is 6.47. The number of anilines is 1. The number of hydrogen-bond acceptors (Lipinski definition) is 4. The molecule has 0 aromatic heterocycles. The van der Waals surface area contributed by atoms with E-state index in [1.165, 1.54) is 0 Å². The molecule has 2 unspecified atom stereocenters. The number of rotatable bonds is 4. The highest BCUT2D eigenvalue weighted by molar-refractivity contribution is 9.10. The van der Waals surface area contributed by atoms with E-state index in [4.69, 9.17) is 10.00 Å². The molecule has 2 rings (SSSR count). The minimum Gasteiger partial charge on any atom is -0.379 e. The van der Waals surface area contributed by atoms with Crippen molar-refractivity contribution >= 4 is 27.5 Å². The van der Waals surface area contributed by atoms with Gasteiger partial charge >= 0.3 is 0 Å². The number of benzene rings is 1. The topological polar surface area (TPSA) is 74.2 Å². The molecule has 0 saturated carbocycles. The van der Waals surface area contributed by atoms with E-state index in [0.717, 1.165) is 11.0 Å². The maximum atomic E-state index is 12.3. The van der Waals surface area contributed by atoms with Gasteiger partial charge in [-0.1, -0.05) is 22.9 Å². The highest BCUT2D eigenvalue weighted by Crippen LogP contribution is 2.22. The van der Waals surface area contributed by atoms with E-state index < -0.39 is 0 Å². The lowest BCUT2D eigenvalue weighted by Crippen LogP contribution is -2.41. The zero-order valence-electron chi connectivity index (χ0n) is 11.1. The first kappa shape index (κ1) is 15.0. The molecule has 1 saturated heterocycles. The number of carbonyl (C=O) groups excluding carboxylic acids is 1. The average Bonchev–Trinajstić information content (AvgIpc) is 2.89. The summed E-state index contributed by atoms with van der Waals surface area (Å²) in [6, 6.07) is 7.30. The van der Waals surface area contributed by atoms with E-state index in [1.54, 1.807) is 18.2 Å². The summed E-state index contributed by atoms with van der Waals surface area (Å²) in [5.41, 5.74) is 0.967. The average molecular weight is 338 g/mol. The zero-order chi connectivity index (χ0) is 14.5. The Kier molecular flexibility index (Phi) is 5.12. The number of nitrogens with one attached hydrogen (secondary N) is 2. The molecule has 0 spiro atoms. The summed E-state index contributed by atoms with van der Waals surface area (Å²) in [7, 11) is 0. The van der Waals surface area contributed by atoms with E-state index in [1.807, 2.05) is 6.92 Å². The maximum Gasteiger partial charge on any atom is 0.231 e. The van der Waals surface area contributed by atoms with Gasteiger partial charge in [0, 0.05) is 10.5 Å². The molecule has 1 fully saturated rings. The van der Waals surface area contributed by atoms with Crippen LogP contribution in [0.15, 0.2) is 22.7 Å². The van der Waals surface area contributed by atoms with Gasteiger partial charge in [0.05, 0.1) is 30.4 Å². The normalized spacial score (nSPS) is 21.4. The van der Waals surface area contributed by atoms with Gasteiger partial charge in [0.15, 0.2) is 0 Å². The van der Waals surface area contributed by atoms with Gasteiger partial charge in [-0.2, -0.15) is 5.26 Å². The first-order valence-corrected chi connectivity index (χ1v) is 7.26. The summed E-state index contributed by atoms with van der Waals surface area (Å²) in [5, 5.41) is 15.2. The molecule has 20 heavy (non-hydrogen) atoms. The number of likely N-dealkylation sites (N-methyl/N-ethyl adjacent to an activating group) is 1. The van der Waals surface area contributed by atoms with E-state index in [9.17, 15) is 4.79 Å². The molecule has 6 heteroatoms. The van der Waals surface area contributed by atoms with Crippen molar-refractivity contribution in [2.75, 3.05) is 25.1 Å². The van der Waals surface area contributed by atoms with Crippen molar-refractivity contribution in [2.45, 2.75) is 13.0 Å². The van der Waals surface area contributed by atoms with Crippen LogP contribution in [0.5, 0.6) is 0 Å². The Labute approximate surface area is 126 Å². The molecule has 5 nitrogen and oxygen atoms in total. The van der Waals surface area contributed by atoms with E-state index >= 15 is 0 Å². The Morgan fingerprint density at radius 1 is 1.55 bits per heavy atom. The summed E-state index contributed by atoms with van der Waals surface area (Å²) in [6.45, 7) is 3.73. The van der Waals surface area contributed by atoms with Gasteiger partial charge < -0.3 is 15.4 Å². The van der Waals surface area contributed by atoms with E-state index in [0.29, 0.717) is 24.5 Å². The third-order valence-corrected chi connectivity index (χ3v) is 3.74. The second-order valence-corrected chi connectivity index (χ2v) is 5.51. The quantitative estimate of drug-likeness (QED) is 0.879. The molecule has 1 aromatic rings. The monoisotopic (exact) mass is 337 g/mol. The van der Waals surface area contributed by atoms with Crippen molar-refractivity contribution in [1.82, 2.24) is 5.32 Å². The van der Waals surface area contributed by atoms with Crippen LogP contribution in [-0.4, -0.2) is 31.7 Å². The van der Waals surface area contributed by atoms with Crippen LogP contribution in [0, 0.1) is 17.2 Å². The number of amides is 1. The highest BCUT2D eigenvalue weighted by atomic mass is 79.9. The van der Waals surface area contributed by atoms with Crippen LogP contribution in [-0.2, 0) is 9.53 Å². The summed E-state index contributed by atoms with van der Waals surface area (Å²) >= 11 is 3.31.